The molecule has 0 N–H and O–H groups in total. The van der Waals surface area contributed by atoms with Gasteiger partial charge in [0.05, 0.1) is 0 Å². The van der Waals surface area contributed by atoms with E-state index in [9.17, 15) is 0 Å². The van der Waals surface area contributed by atoms with E-state index >= 15 is 0 Å². The number of aryl methyl sites for hydroxylation is 1. The van der Waals surface area contributed by atoms with Gasteiger partial charge >= 0.3 is 0 Å². The van der Waals surface area contributed by atoms with Crippen molar-refractivity contribution in [2.75, 3.05) is 37.6 Å². The zero-order chi connectivity index (χ0) is 13.9. The summed E-state index contributed by atoms with van der Waals surface area (Å²) in [5.41, 5.74) is 2.74. The van der Waals surface area contributed by atoms with Crippen LogP contribution in [0.4, 0.5) is 5.69 Å². The molecule has 1 heterocycles. The Hall–Kier alpha value is -1.02. The van der Waals surface area contributed by atoms with Crippen LogP contribution in [0.25, 0.3) is 0 Å². The van der Waals surface area contributed by atoms with Crippen molar-refractivity contribution < 1.29 is 0 Å². The molecule has 1 aromatic rings. The van der Waals surface area contributed by atoms with Crippen LogP contribution in [-0.2, 0) is 0 Å². The summed E-state index contributed by atoms with van der Waals surface area (Å²) in [7, 11) is 0. The van der Waals surface area contributed by atoms with Gasteiger partial charge in [0.25, 0.3) is 0 Å². The fraction of sp³-hybridized carbons (Fsp3) is 0.667. The fourth-order valence-electron chi connectivity index (χ4n) is 3.80. The summed E-state index contributed by atoms with van der Waals surface area (Å²) in [5, 5.41) is 0. The molecule has 2 unspecified atom stereocenters. The second kappa shape index (κ2) is 6.17. The zero-order valence-corrected chi connectivity index (χ0v) is 13.0. The van der Waals surface area contributed by atoms with Gasteiger partial charge < -0.3 is 4.90 Å². The van der Waals surface area contributed by atoms with E-state index in [1.807, 2.05) is 0 Å². The first-order valence-corrected chi connectivity index (χ1v) is 8.24. The predicted octanol–water partition coefficient (Wildman–Crippen LogP) is 3.55. The molecule has 1 aliphatic carbocycles. The minimum atomic E-state index is 0.967. The van der Waals surface area contributed by atoms with Crippen LogP contribution in [0.3, 0.4) is 0 Å². The molecule has 2 atom stereocenters. The second-order valence-electron chi connectivity index (χ2n) is 6.91. The van der Waals surface area contributed by atoms with Crippen molar-refractivity contribution in [3.8, 4) is 0 Å². The van der Waals surface area contributed by atoms with E-state index in [-0.39, 0.29) is 0 Å². The zero-order valence-electron chi connectivity index (χ0n) is 13.0. The van der Waals surface area contributed by atoms with E-state index in [1.165, 1.54) is 63.2 Å². The third-order valence-corrected chi connectivity index (χ3v) is 5.09. The van der Waals surface area contributed by atoms with Gasteiger partial charge in [0.2, 0.25) is 0 Å². The molecule has 2 heteroatoms. The van der Waals surface area contributed by atoms with Crippen molar-refractivity contribution in [1.82, 2.24) is 4.90 Å². The van der Waals surface area contributed by atoms with Crippen molar-refractivity contribution in [2.45, 2.75) is 33.1 Å². The van der Waals surface area contributed by atoms with Crippen LogP contribution < -0.4 is 4.90 Å². The molecule has 0 spiro atoms. The second-order valence-corrected chi connectivity index (χ2v) is 6.91. The third-order valence-electron chi connectivity index (χ3n) is 5.09. The fourth-order valence-corrected chi connectivity index (χ4v) is 3.80. The molecule has 2 nitrogen and oxygen atoms in total. The molecule has 110 valence electrons. The highest BCUT2D eigenvalue weighted by molar-refractivity contribution is 5.47. The Labute approximate surface area is 123 Å². The van der Waals surface area contributed by atoms with E-state index < -0.39 is 0 Å². The van der Waals surface area contributed by atoms with Crippen molar-refractivity contribution in [2.24, 2.45) is 11.8 Å². The van der Waals surface area contributed by atoms with Gasteiger partial charge in [-0.3, -0.25) is 4.90 Å². The maximum absolute atomic E-state index is 2.69. The lowest BCUT2D eigenvalue weighted by molar-refractivity contribution is 0.218. The number of hydrogen-bond donors (Lipinski definition) is 0. The number of anilines is 1. The average molecular weight is 272 g/mol. The van der Waals surface area contributed by atoms with Gasteiger partial charge in [-0.1, -0.05) is 31.0 Å². The van der Waals surface area contributed by atoms with Crippen LogP contribution in [-0.4, -0.2) is 37.6 Å². The summed E-state index contributed by atoms with van der Waals surface area (Å²) in [4.78, 5) is 5.22. The highest BCUT2D eigenvalue weighted by atomic mass is 15.3. The Morgan fingerprint density at radius 1 is 1.00 bits per heavy atom. The monoisotopic (exact) mass is 272 g/mol. The van der Waals surface area contributed by atoms with E-state index in [0.717, 1.165) is 11.8 Å². The van der Waals surface area contributed by atoms with Crippen molar-refractivity contribution in [3.05, 3.63) is 29.8 Å². The van der Waals surface area contributed by atoms with Gasteiger partial charge in [-0.25, -0.2) is 0 Å². The summed E-state index contributed by atoms with van der Waals surface area (Å²) in [6.07, 6.45) is 4.37. The molecule has 1 saturated carbocycles. The molecule has 0 radical (unpaired) electrons. The Kier molecular flexibility index (Phi) is 4.30. The highest BCUT2D eigenvalue weighted by Crippen LogP contribution is 2.31. The Morgan fingerprint density at radius 3 is 2.30 bits per heavy atom. The molecule has 2 aliphatic rings. The summed E-state index contributed by atoms with van der Waals surface area (Å²) < 4.78 is 0. The normalized spacial score (nSPS) is 28.0. The summed E-state index contributed by atoms with van der Waals surface area (Å²) in [6.45, 7) is 10.7. The van der Waals surface area contributed by atoms with Gasteiger partial charge in [0.15, 0.2) is 0 Å². The lowest BCUT2D eigenvalue weighted by Crippen LogP contribution is -2.47. The van der Waals surface area contributed by atoms with Gasteiger partial charge in [0.1, 0.15) is 0 Å². The summed E-state index contributed by atoms with van der Waals surface area (Å²) >= 11 is 0. The molecule has 20 heavy (non-hydrogen) atoms. The van der Waals surface area contributed by atoms with Crippen LogP contribution in [0.5, 0.6) is 0 Å². The smallest absolute Gasteiger partial charge is 0.0367 e. The quantitative estimate of drug-likeness (QED) is 0.830. The number of rotatable bonds is 3. The van der Waals surface area contributed by atoms with Gasteiger partial charge in [-0.05, 0) is 43.7 Å². The minimum Gasteiger partial charge on any atom is -0.369 e. The van der Waals surface area contributed by atoms with Gasteiger partial charge in [-0.2, -0.15) is 0 Å². The van der Waals surface area contributed by atoms with E-state index in [1.54, 1.807) is 0 Å². The molecule has 1 aromatic carbocycles. The minimum absolute atomic E-state index is 0.967. The first-order valence-electron chi connectivity index (χ1n) is 8.24. The van der Waals surface area contributed by atoms with E-state index in [4.69, 9.17) is 0 Å². The van der Waals surface area contributed by atoms with Crippen LogP contribution in [0, 0.1) is 18.8 Å². The number of benzene rings is 1. The standard InChI is InChI=1S/C18H28N2/c1-15-4-7-18(8-5-15)20-11-9-19(10-12-20)14-17-6-3-16(2)13-17/h4-5,7-8,16-17H,3,6,9-14H2,1-2H3. The maximum Gasteiger partial charge on any atom is 0.0367 e. The van der Waals surface area contributed by atoms with Gasteiger partial charge in [0, 0.05) is 38.4 Å². The lowest BCUT2D eigenvalue weighted by atomic mass is 10.1. The van der Waals surface area contributed by atoms with Crippen LogP contribution >= 0.6 is 0 Å². The third kappa shape index (κ3) is 3.35. The molecule has 0 amide bonds. The van der Waals surface area contributed by atoms with E-state index in [0.29, 0.717) is 0 Å². The van der Waals surface area contributed by atoms with Crippen molar-refractivity contribution in [1.29, 1.82) is 0 Å². The first-order chi connectivity index (χ1) is 9.70. The molecule has 0 bridgehead atoms. The summed E-state index contributed by atoms with van der Waals surface area (Å²) in [5.74, 6) is 1.93. The Bertz CT molecular complexity index is 418. The van der Waals surface area contributed by atoms with E-state index in [2.05, 4.69) is 47.9 Å². The molecule has 1 aliphatic heterocycles. The number of nitrogens with zero attached hydrogens (tertiary/aromatic N) is 2. The molecule has 2 fully saturated rings. The highest BCUT2D eigenvalue weighted by Gasteiger charge is 2.25. The number of hydrogen-bond acceptors (Lipinski definition) is 2. The predicted molar refractivity (Wildman–Crippen MR) is 86.3 cm³/mol. The number of piperazine rings is 1. The molecule has 0 aromatic heterocycles. The van der Waals surface area contributed by atoms with Crippen LogP contribution in [0.2, 0.25) is 0 Å². The molecule has 3 rings (SSSR count). The van der Waals surface area contributed by atoms with Crippen LogP contribution in [0.15, 0.2) is 24.3 Å². The largest absolute Gasteiger partial charge is 0.369 e. The van der Waals surface area contributed by atoms with Crippen molar-refractivity contribution >= 4 is 5.69 Å². The average Bonchev–Trinajstić information content (AvgIpc) is 2.86. The topological polar surface area (TPSA) is 6.48 Å². The Balaban J connectivity index is 1.48. The van der Waals surface area contributed by atoms with Crippen LogP contribution in [0.1, 0.15) is 31.7 Å². The summed E-state index contributed by atoms with van der Waals surface area (Å²) in [6, 6.07) is 8.98. The maximum atomic E-state index is 2.69. The SMILES string of the molecule is Cc1ccc(N2CCN(CC3CCC(C)C3)CC2)cc1. The van der Waals surface area contributed by atoms with Crippen molar-refractivity contribution in [3.63, 3.8) is 0 Å². The Morgan fingerprint density at radius 2 is 1.70 bits per heavy atom. The molecular formula is C18H28N2. The first kappa shape index (κ1) is 13.9. The lowest BCUT2D eigenvalue weighted by Gasteiger charge is -2.37. The molecule has 1 saturated heterocycles. The molecular weight excluding hydrogens is 244 g/mol. The van der Waals surface area contributed by atoms with Gasteiger partial charge in [-0.15, -0.1) is 0 Å².